The van der Waals surface area contributed by atoms with E-state index >= 15 is 0 Å². The average Bonchev–Trinajstić information content (AvgIpc) is 2.97. The first kappa shape index (κ1) is 10.7. The van der Waals surface area contributed by atoms with Crippen LogP contribution in [0.1, 0.15) is 31.9 Å². The summed E-state index contributed by atoms with van der Waals surface area (Å²) in [5.74, 6) is 1.42. The fourth-order valence-corrected chi connectivity index (χ4v) is 2.68. The Morgan fingerprint density at radius 1 is 1.29 bits per heavy atom. The van der Waals surface area contributed by atoms with Crippen molar-refractivity contribution in [1.29, 1.82) is 0 Å². The van der Waals surface area contributed by atoms with Gasteiger partial charge in [-0.15, -0.1) is 0 Å². The molecule has 1 aliphatic rings. The Morgan fingerprint density at radius 2 is 2.12 bits per heavy atom. The van der Waals surface area contributed by atoms with E-state index in [-0.39, 0.29) is 0 Å². The van der Waals surface area contributed by atoms with Gasteiger partial charge in [0, 0.05) is 42.8 Å². The van der Waals surface area contributed by atoms with Crippen LogP contribution in [0.15, 0.2) is 24.7 Å². The van der Waals surface area contributed by atoms with Gasteiger partial charge in [0.25, 0.3) is 0 Å². The van der Waals surface area contributed by atoms with Crippen LogP contribution < -0.4 is 0 Å². The van der Waals surface area contributed by atoms with Gasteiger partial charge in [-0.3, -0.25) is 4.40 Å². The number of fused-ring (bicyclic) bond motifs is 1. The molecule has 1 saturated heterocycles. The van der Waals surface area contributed by atoms with Crippen molar-refractivity contribution < 1.29 is 0 Å². The molecular formula is C13H18N4. The zero-order valence-electron chi connectivity index (χ0n) is 10.4. The first-order chi connectivity index (χ1) is 8.25. The molecule has 2 aromatic rings. The fraction of sp³-hybridized carbons (Fsp3) is 0.538. The predicted octanol–water partition coefficient (Wildman–Crippen LogP) is 1.93. The Bertz CT molecular complexity index is 517. The molecule has 0 bridgehead atoms. The molecule has 1 atom stereocenters. The highest BCUT2D eigenvalue weighted by atomic mass is 15.2. The number of imidazole rings is 1. The molecule has 1 fully saturated rings. The van der Waals surface area contributed by atoms with Gasteiger partial charge in [-0.25, -0.2) is 9.97 Å². The van der Waals surface area contributed by atoms with Crippen molar-refractivity contribution in [3.05, 3.63) is 30.4 Å². The van der Waals surface area contributed by atoms with Crippen molar-refractivity contribution in [3.8, 4) is 0 Å². The van der Waals surface area contributed by atoms with Crippen molar-refractivity contribution in [3.63, 3.8) is 0 Å². The van der Waals surface area contributed by atoms with E-state index in [1.165, 1.54) is 18.7 Å². The summed E-state index contributed by atoms with van der Waals surface area (Å²) in [6.45, 7) is 6.87. The van der Waals surface area contributed by atoms with Crippen molar-refractivity contribution in [2.75, 3.05) is 13.1 Å². The van der Waals surface area contributed by atoms with E-state index in [0.717, 1.165) is 12.3 Å². The van der Waals surface area contributed by atoms with Crippen LogP contribution in [0.25, 0.3) is 5.78 Å². The monoisotopic (exact) mass is 230 g/mol. The minimum absolute atomic E-state index is 0.608. The molecule has 0 aromatic carbocycles. The molecule has 0 spiro atoms. The zero-order chi connectivity index (χ0) is 11.8. The SMILES string of the molecule is CC(C)N1CC[C@@H](c2ccnc3nccn23)C1. The van der Waals surface area contributed by atoms with Crippen molar-refractivity contribution in [2.24, 2.45) is 0 Å². The molecule has 3 rings (SSSR count). The van der Waals surface area contributed by atoms with Crippen molar-refractivity contribution in [2.45, 2.75) is 32.2 Å². The van der Waals surface area contributed by atoms with Gasteiger partial charge in [0.2, 0.25) is 5.78 Å². The van der Waals surface area contributed by atoms with Gasteiger partial charge in [0.1, 0.15) is 0 Å². The van der Waals surface area contributed by atoms with Gasteiger partial charge < -0.3 is 4.90 Å². The van der Waals surface area contributed by atoms with Crippen LogP contribution in [-0.4, -0.2) is 38.4 Å². The Balaban J connectivity index is 1.92. The molecule has 0 radical (unpaired) electrons. The van der Waals surface area contributed by atoms with E-state index in [1.54, 1.807) is 0 Å². The number of nitrogens with zero attached hydrogens (tertiary/aromatic N) is 4. The van der Waals surface area contributed by atoms with Crippen LogP contribution in [0.2, 0.25) is 0 Å². The standard InChI is InChI=1S/C13H18N4/c1-10(2)16-7-4-11(9-16)12-3-5-14-13-15-6-8-17(12)13/h3,5-6,8,10-11H,4,7,9H2,1-2H3/t11-/m1/s1. The maximum atomic E-state index is 4.27. The Labute approximate surface area is 101 Å². The van der Waals surface area contributed by atoms with Gasteiger partial charge in [0.05, 0.1) is 0 Å². The third-order valence-corrected chi connectivity index (χ3v) is 3.70. The van der Waals surface area contributed by atoms with E-state index in [4.69, 9.17) is 0 Å². The van der Waals surface area contributed by atoms with Crippen LogP contribution >= 0.6 is 0 Å². The molecule has 0 amide bonds. The second-order valence-electron chi connectivity index (χ2n) is 5.04. The highest BCUT2D eigenvalue weighted by molar-refractivity contribution is 5.31. The average molecular weight is 230 g/mol. The lowest BCUT2D eigenvalue weighted by molar-refractivity contribution is 0.272. The summed E-state index contributed by atoms with van der Waals surface area (Å²) < 4.78 is 2.12. The second-order valence-corrected chi connectivity index (χ2v) is 5.04. The van der Waals surface area contributed by atoms with Gasteiger partial charge in [-0.2, -0.15) is 0 Å². The third kappa shape index (κ3) is 1.82. The summed E-state index contributed by atoms with van der Waals surface area (Å²) in [5.41, 5.74) is 1.34. The minimum atomic E-state index is 0.608. The Morgan fingerprint density at radius 3 is 2.88 bits per heavy atom. The van der Waals surface area contributed by atoms with Gasteiger partial charge in [-0.1, -0.05) is 0 Å². The summed E-state index contributed by atoms with van der Waals surface area (Å²) in [7, 11) is 0. The molecule has 1 aliphatic heterocycles. The molecule has 0 N–H and O–H groups in total. The second kappa shape index (κ2) is 4.11. The molecule has 0 saturated carbocycles. The van der Waals surface area contributed by atoms with Crippen LogP contribution in [-0.2, 0) is 0 Å². The van der Waals surface area contributed by atoms with Crippen molar-refractivity contribution >= 4 is 5.78 Å². The third-order valence-electron chi connectivity index (χ3n) is 3.70. The number of rotatable bonds is 2. The van der Waals surface area contributed by atoms with E-state index in [0.29, 0.717) is 12.0 Å². The molecule has 4 nitrogen and oxygen atoms in total. The van der Waals surface area contributed by atoms with Crippen LogP contribution in [0, 0.1) is 0 Å². The van der Waals surface area contributed by atoms with Gasteiger partial charge >= 0.3 is 0 Å². The number of likely N-dealkylation sites (tertiary alicyclic amines) is 1. The molecule has 4 heteroatoms. The van der Waals surface area contributed by atoms with E-state index in [9.17, 15) is 0 Å². The minimum Gasteiger partial charge on any atom is -0.300 e. The molecule has 3 heterocycles. The quantitative estimate of drug-likeness (QED) is 0.790. The van der Waals surface area contributed by atoms with E-state index < -0.39 is 0 Å². The number of hydrogen-bond donors (Lipinski definition) is 0. The predicted molar refractivity (Wildman–Crippen MR) is 67.1 cm³/mol. The number of aromatic nitrogens is 3. The normalized spacial score (nSPS) is 21.7. The molecule has 0 aliphatic carbocycles. The molecule has 2 aromatic heterocycles. The Kier molecular flexibility index (Phi) is 2.59. The lowest BCUT2D eigenvalue weighted by Gasteiger charge is -2.20. The summed E-state index contributed by atoms with van der Waals surface area (Å²) in [6.07, 6.45) is 6.93. The maximum Gasteiger partial charge on any atom is 0.233 e. The topological polar surface area (TPSA) is 33.4 Å². The van der Waals surface area contributed by atoms with Crippen molar-refractivity contribution in [1.82, 2.24) is 19.3 Å². The van der Waals surface area contributed by atoms with E-state index in [2.05, 4.69) is 39.2 Å². The molecule has 17 heavy (non-hydrogen) atoms. The summed E-state index contributed by atoms with van der Waals surface area (Å²) >= 11 is 0. The summed E-state index contributed by atoms with van der Waals surface area (Å²) in [6, 6.07) is 2.77. The van der Waals surface area contributed by atoms with Crippen LogP contribution in [0.4, 0.5) is 0 Å². The Hall–Kier alpha value is -1.42. The fourth-order valence-electron chi connectivity index (χ4n) is 2.68. The molecule has 90 valence electrons. The van der Waals surface area contributed by atoms with Gasteiger partial charge in [0.15, 0.2) is 0 Å². The summed E-state index contributed by atoms with van der Waals surface area (Å²) in [4.78, 5) is 11.0. The smallest absolute Gasteiger partial charge is 0.233 e. The summed E-state index contributed by atoms with van der Waals surface area (Å²) in [5, 5.41) is 0. The number of hydrogen-bond acceptors (Lipinski definition) is 3. The first-order valence-corrected chi connectivity index (χ1v) is 6.27. The first-order valence-electron chi connectivity index (χ1n) is 6.27. The van der Waals surface area contributed by atoms with Gasteiger partial charge in [-0.05, 0) is 32.9 Å². The zero-order valence-corrected chi connectivity index (χ0v) is 10.4. The highest BCUT2D eigenvalue weighted by Gasteiger charge is 2.26. The lowest BCUT2D eigenvalue weighted by atomic mass is 10.0. The lowest BCUT2D eigenvalue weighted by Crippen LogP contribution is -2.28. The maximum absolute atomic E-state index is 4.27. The van der Waals surface area contributed by atoms with Crippen LogP contribution in [0.3, 0.4) is 0 Å². The largest absolute Gasteiger partial charge is 0.300 e. The molecule has 0 unspecified atom stereocenters. The molecular weight excluding hydrogens is 212 g/mol. The van der Waals surface area contributed by atoms with Crippen LogP contribution in [0.5, 0.6) is 0 Å². The highest BCUT2D eigenvalue weighted by Crippen LogP contribution is 2.28. The van der Waals surface area contributed by atoms with E-state index in [1.807, 2.05) is 18.6 Å².